The molecule has 0 bridgehead atoms. The Kier molecular flexibility index (Phi) is 4.14. The van der Waals surface area contributed by atoms with Crippen LogP contribution in [0.1, 0.15) is 12.0 Å². The molecule has 2 aromatic carbocycles. The molecule has 2 atom stereocenters. The highest BCUT2D eigenvalue weighted by Crippen LogP contribution is 2.43. The summed E-state index contributed by atoms with van der Waals surface area (Å²) in [5.41, 5.74) is 1.17. The molecule has 1 fully saturated rings. The second kappa shape index (κ2) is 6.52. The third-order valence-corrected chi connectivity index (χ3v) is 5.29. The Morgan fingerprint density at radius 3 is 2.86 bits per heavy atom. The van der Waals surface area contributed by atoms with Gasteiger partial charge in [-0.05, 0) is 24.1 Å². The van der Waals surface area contributed by atoms with E-state index in [4.69, 9.17) is 4.74 Å². The van der Waals surface area contributed by atoms with Crippen LogP contribution in [0.4, 0.5) is 17.1 Å². The summed E-state index contributed by atoms with van der Waals surface area (Å²) in [7, 11) is 1.36. The minimum absolute atomic E-state index is 0.142. The number of carbonyl (C=O) groups is 2. The van der Waals surface area contributed by atoms with Crippen LogP contribution in [0.25, 0.3) is 0 Å². The van der Waals surface area contributed by atoms with Gasteiger partial charge in [0, 0.05) is 18.3 Å². The number of nitro groups is 1. The van der Waals surface area contributed by atoms with Crippen LogP contribution in [0.2, 0.25) is 0 Å². The zero-order chi connectivity index (χ0) is 19.9. The molecule has 2 aliphatic rings. The number of hydrogen-bond acceptors (Lipinski definition) is 6. The highest BCUT2D eigenvalue weighted by molar-refractivity contribution is 6.04. The number of ether oxygens (including phenoxy) is 1. The molecule has 0 aliphatic carbocycles. The molecule has 2 heterocycles. The van der Waals surface area contributed by atoms with Crippen LogP contribution >= 0.6 is 0 Å². The summed E-state index contributed by atoms with van der Waals surface area (Å²) in [5, 5.41) is 19.6. The molecule has 1 spiro atoms. The van der Waals surface area contributed by atoms with Gasteiger partial charge in [-0.15, -0.1) is 0 Å². The molecular weight excluding hydrogens is 364 g/mol. The topological polar surface area (TPSA) is 123 Å². The number of carbonyl (C=O) groups excluding carboxylic acids is 2. The van der Waals surface area contributed by atoms with E-state index in [0.29, 0.717) is 18.7 Å². The molecule has 3 N–H and O–H groups in total. The number of rotatable bonds is 4. The molecule has 0 radical (unpaired) electrons. The first kappa shape index (κ1) is 17.8. The van der Waals surface area contributed by atoms with Gasteiger partial charge >= 0.3 is 0 Å². The fraction of sp³-hybridized carbons (Fsp3) is 0.263. The summed E-state index contributed by atoms with van der Waals surface area (Å²) in [4.78, 5) is 35.9. The molecule has 2 amide bonds. The van der Waals surface area contributed by atoms with Gasteiger partial charge in [0.2, 0.25) is 11.8 Å². The van der Waals surface area contributed by atoms with Gasteiger partial charge in [-0.2, -0.15) is 0 Å². The van der Waals surface area contributed by atoms with E-state index in [1.807, 2.05) is 24.3 Å². The van der Waals surface area contributed by atoms with Gasteiger partial charge in [-0.1, -0.05) is 18.2 Å². The first-order valence-electron chi connectivity index (χ1n) is 8.72. The van der Waals surface area contributed by atoms with E-state index in [1.54, 1.807) is 0 Å². The number of nitro benzene ring substituents is 1. The normalized spacial score (nSPS) is 22.3. The molecule has 4 rings (SSSR count). The van der Waals surface area contributed by atoms with Crippen LogP contribution in [-0.2, 0) is 15.0 Å². The van der Waals surface area contributed by atoms with E-state index in [1.165, 1.54) is 25.3 Å². The van der Waals surface area contributed by atoms with Crippen LogP contribution < -0.4 is 20.7 Å². The van der Waals surface area contributed by atoms with Crippen molar-refractivity contribution in [3.05, 3.63) is 58.1 Å². The third-order valence-electron chi connectivity index (χ3n) is 5.29. The Labute approximate surface area is 160 Å². The SMILES string of the molecule is COc1cc([N+](=O)[O-])ccc1NC(=O)C1CC2(CNc3ccccc32)C(=O)N1. The smallest absolute Gasteiger partial charge is 0.273 e. The summed E-state index contributed by atoms with van der Waals surface area (Å²) < 4.78 is 5.14. The van der Waals surface area contributed by atoms with Crippen LogP contribution in [0.15, 0.2) is 42.5 Å². The minimum Gasteiger partial charge on any atom is -0.494 e. The lowest BCUT2D eigenvalue weighted by atomic mass is 9.79. The number of anilines is 2. The van der Waals surface area contributed by atoms with Crippen LogP contribution in [0.5, 0.6) is 5.75 Å². The average Bonchev–Trinajstić information content (AvgIpc) is 3.24. The number of fused-ring (bicyclic) bond motifs is 2. The summed E-state index contributed by atoms with van der Waals surface area (Å²) in [6.45, 7) is 0.433. The van der Waals surface area contributed by atoms with Gasteiger partial charge in [-0.25, -0.2) is 0 Å². The van der Waals surface area contributed by atoms with Gasteiger partial charge in [0.1, 0.15) is 11.8 Å². The standard InChI is InChI=1S/C19H18N4O5/c1-28-16-8-11(23(26)27)6-7-14(16)21-17(24)15-9-19(18(25)22-15)10-20-13-5-3-2-4-12(13)19/h2-8,15,20H,9-10H2,1H3,(H,21,24)(H,22,25). The molecule has 0 saturated carbocycles. The number of hydrogen-bond donors (Lipinski definition) is 3. The van der Waals surface area contributed by atoms with Crippen molar-refractivity contribution in [3.63, 3.8) is 0 Å². The van der Waals surface area contributed by atoms with Gasteiger partial charge in [0.15, 0.2) is 0 Å². The van der Waals surface area contributed by atoms with Crippen LogP contribution in [0, 0.1) is 10.1 Å². The van der Waals surface area contributed by atoms with Crippen LogP contribution in [-0.4, -0.2) is 36.4 Å². The van der Waals surface area contributed by atoms with Gasteiger partial charge < -0.3 is 20.7 Å². The number of nitrogens with one attached hydrogen (secondary N) is 3. The molecule has 2 aromatic rings. The van der Waals surface area contributed by atoms with E-state index in [0.717, 1.165) is 11.3 Å². The fourth-order valence-electron chi connectivity index (χ4n) is 3.84. The highest BCUT2D eigenvalue weighted by atomic mass is 16.6. The van der Waals surface area contributed by atoms with E-state index in [9.17, 15) is 19.7 Å². The van der Waals surface area contributed by atoms with E-state index in [-0.39, 0.29) is 17.3 Å². The highest BCUT2D eigenvalue weighted by Gasteiger charge is 2.53. The maximum atomic E-state index is 12.8. The van der Waals surface area contributed by atoms with Crippen molar-refractivity contribution in [1.82, 2.24) is 5.32 Å². The molecular formula is C19H18N4O5. The Morgan fingerprint density at radius 2 is 2.11 bits per heavy atom. The first-order chi connectivity index (χ1) is 13.4. The van der Waals surface area contributed by atoms with E-state index >= 15 is 0 Å². The molecule has 2 unspecified atom stereocenters. The van der Waals surface area contributed by atoms with Gasteiger partial charge in [0.25, 0.3) is 5.69 Å². The third kappa shape index (κ3) is 2.72. The second-order valence-corrected chi connectivity index (χ2v) is 6.84. The van der Waals surface area contributed by atoms with Gasteiger partial charge in [-0.3, -0.25) is 19.7 Å². The minimum atomic E-state index is -0.780. The number of methoxy groups -OCH3 is 1. The summed E-state index contributed by atoms with van der Waals surface area (Å²) in [6, 6.07) is 10.8. The fourth-order valence-corrected chi connectivity index (χ4v) is 3.84. The predicted molar refractivity (Wildman–Crippen MR) is 101 cm³/mol. The maximum absolute atomic E-state index is 12.8. The zero-order valence-electron chi connectivity index (χ0n) is 15.0. The molecule has 144 valence electrons. The Morgan fingerprint density at radius 1 is 1.32 bits per heavy atom. The molecule has 0 aromatic heterocycles. The lowest BCUT2D eigenvalue weighted by molar-refractivity contribution is -0.384. The quantitative estimate of drug-likeness (QED) is 0.547. The number of amides is 2. The van der Waals surface area contributed by atoms with Gasteiger partial charge in [0.05, 0.1) is 29.2 Å². The zero-order valence-corrected chi connectivity index (χ0v) is 15.0. The lowest BCUT2D eigenvalue weighted by Crippen LogP contribution is -2.39. The average molecular weight is 382 g/mol. The molecule has 9 nitrogen and oxygen atoms in total. The molecule has 9 heteroatoms. The van der Waals surface area contributed by atoms with Crippen molar-refractivity contribution >= 4 is 28.9 Å². The van der Waals surface area contributed by atoms with Crippen molar-refractivity contribution in [2.45, 2.75) is 17.9 Å². The van der Waals surface area contributed by atoms with E-state index < -0.39 is 22.3 Å². The largest absolute Gasteiger partial charge is 0.494 e. The Balaban J connectivity index is 1.55. The molecule has 28 heavy (non-hydrogen) atoms. The molecule has 2 aliphatic heterocycles. The number of non-ortho nitro benzene ring substituents is 1. The summed E-state index contributed by atoms with van der Waals surface area (Å²) in [6.07, 6.45) is 0.316. The van der Waals surface area contributed by atoms with Crippen molar-refractivity contribution in [3.8, 4) is 5.75 Å². The number of nitrogens with zero attached hydrogens (tertiary/aromatic N) is 1. The Hall–Kier alpha value is -3.62. The van der Waals surface area contributed by atoms with Crippen molar-refractivity contribution in [2.24, 2.45) is 0 Å². The predicted octanol–water partition coefficient (Wildman–Crippen LogP) is 1.79. The van der Waals surface area contributed by atoms with Crippen molar-refractivity contribution in [2.75, 3.05) is 24.3 Å². The van der Waals surface area contributed by atoms with Crippen molar-refractivity contribution in [1.29, 1.82) is 0 Å². The second-order valence-electron chi connectivity index (χ2n) is 6.84. The maximum Gasteiger partial charge on any atom is 0.273 e. The number of para-hydroxylation sites is 1. The number of benzene rings is 2. The lowest BCUT2D eigenvalue weighted by Gasteiger charge is -2.19. The first-order valence-corrected chi connectivity index (χ1v) is 8.72. The van der Waals surface area contributed by atoms with Crippen molar-refractivity contribution < 1.29 is 19.2 Å². The molecule has 1 saturated heterocycles. The summed E-state index contributed by atoms with van der Waals surface area (Å²) >= 11 is 0. The van der Waals surface area contributed by atoms with E-state index in [2.05, 4.69) is 16.0 Å². The monoisotopic (exact) mass is 382 g/mol. The Bertz CT molecular complexity index is 992. The van der Waals surface area contributed by atoms with Crippen LogP contribution in [0.3, 0.4) is 0 Å². The summed E-state index contributed by atoms with van der Waals surface area (Å²) in [5.74, 6) is -0.419.